The van der Waals surface area contributed by atoms with Crippen LogP contribution in [-0.2, 0) is 0 Å². The number of anilines is 1. The van der Waals surface area contributed by atoms with Gasteiger partial charge in [-0.1, -0.05) is 6.92 Å². The predicted octanol–water partition coefficient (Wildman–Crippen LogP) is 3.45. The Bertz CT molecular complexity index is 1080. The fourth-order valence-corrected chi connectivity index (χ4v) is 4.61. The van der Waals surface area contributed by atoms with E-state index in [1.807, 2.05) is 14.1 Å². The molecule has 1 saturated carbocycles. The van der Waals surface area contributed by atoms with Crippen LogP contribution in [0.1, 0.15) is 32.2 Å². The third-order valence-electron chi connectivity index (χ3n) is 5.86. The zero-order valence-corrected chi connectivity index (χ0v) is 17.2. The van der Waals surface area contributed by atoms with E-state index >= 15 is 8.78 Å². The first-order chi connectivity index (χ1) is 14.1. The molecule has 9 heteroatoms. The molecule has 0 amide bonds. The van der Waals surface area contributed by atoms with E-state index < -0.39 is 29.0 Å². The number of halogens is 2. The minimum Gasteiger partial charge on any atom is -0.449 e. The van der Waals surface area contributed by atoms with Crippen molar-refractivity contribution in [2.24, 2.45) is 5.41 Å². The van der Waals surface area contributed by atoms with Crippen molar-refractivity contribution in [3.05, 3.63) is 34.1 Å². The van der Waals surface area contributed by atoms with Crippen molar-refractivity contribution < 1.29 is 23.4 Å². The summed E-state index contributed by atoms with van der Waals surface area (Å²) in [5.74, 6) is -2.07. The zero-order chi connectivity index (χ0) is 21.8. The minimum absolute atomic E-state index is 0.00199. The highest BCUT2D eigenvalue weighted by Gasteiger charge is 2.38. The van der Waals surface area contributed by atoms with Gasteiger partial charge in [0.25, 0.3) is 0 Å². The van der Waals surface area contributed by atoms with Crippen molar-refractivity contribution in [3.8, 4) is 5.75 Å². The van der Waals surface area contributed by atoms with Crippen molar-refractivity contribution in [1.82, 2.24) is 9.47 Å². The van der Waals surface area contributed by atoms with E-state index in [0.717, 1.165) is 31.9 Å². The van der Waals surface area contributed by atoms with Gasteiger partial charge in [0.05, 0.1) is 17.1 Å². The van der Waals surface area contributed by atoms with Crippen LogP contribution in [0.5, 0.6) is 5.75 Å². The molecule has 1 aliphatic heterocycles. The number of benzene rings is 1. The van der Waals surface area contributed by atoms with Gasteiger partial charge in [-0.15, -0.1) is 0 Å². The van der Waals surface area contributed by atoms with E-state index in [4.69, 9.17) is 5.11 Å². The summed E-state index contributed by atoms with van der Waals surface area (Å²) in [5.41, 5.74) is -1.08. The minimum atomic E-state index is -1.65. The summed E-state index contributed by atoms with van der Waals surface area (Å²) in [6, 6.07) is 0.931. The molecule has 7 nitrogen and oxygen atoms in total. The fourth-order valence-electron chi connectivity index (χ4n) is 4.61. The van der Waals surface area contributed by atoms with Crippen LogP contribution in [0.25, 0.3) is 10.9 Å². The molecule has 1 N–H and O–H groups in total. The first-order valence-electron chi connectivity index (χ1n) is 9.97. The lowest BCUT2D eigenvalue weighted by Crippen LogP contribution is -2.34. The molecule has 2 aromatic rings. The van der Waals surface area contributed by atoms with E-state index in [9.17, 15) is 9.59 Å². The smallest absolute Gasteiger partial charge is 0.449 e. The standard InChI is InChI=1S/C21H25F2N3O4/c1-21(10-24(2)3)6-7-25(11-21)18-14(22)8-13-17(16(18)23)26(12-4-5-12)9-15(19(13)27)30-20(28)29/h8-9,12H,4-7,10-11H2,1-3H3,(H,28,29). The van der Waals surface area contributed by atoms with Crippen LogP contribution in [0.2, 0.25) is 0 Å². The average Bonchev–Trinajstić information content (AvgIpc) is 3.40. The first kappa shape index (κ1) is 20.6. The maximum absolute atomic E-state index is 15.7. The third kappa shape index (κ3) is 3.62. The van der Waals surface area contributed by atoms with E-state index in [-0.39, 0.29) is 28.0 Å². The van der Waals surface area contributed by atoms with Gasteiger partial charge in [0, 0.05) is 25.7 Å². The molecule has 0 spiro atoms. The third-order valence-corrected chi connectivity index (χ3v) is 5.86. The van der Waals surface area contributed by atoms with Crippen LogP contribution in [0.15, 0.2) is 17.1 Å². The second-order valence-corrected chi connectivity index (χ2v) is 8.97. The molecule has 0 radical (unpaired) electrons. The maximum Gasteiger partial charge on any atom is 0.511 e. The van der Waals surface area contributed by atoms with Crippen molar-refractivity contribution in [3.63, 3.8) is 0 Å². The Labute approximate surface area is 172 Å². The summed E-state index contributed by atoms with van der Waals surface area (Å²) >= 11 is 0. The van der Waals surface area contributed by atoms with Crippen molar-refractivity contribution in [2.45, 2.75) is 32.2 Å². The number of aromatic nitrogens is 1. The van der Waals surface area contributed by atoms with Gasteiger partial charge in [0.2, 0.25) is 5.43 Å². The summed E-state index contributed by atoms with van der Waals surface area (Å²) < 4.78 is 36.9. The Morgan fingerprint density at radius 3 is 2.67 bits per heavy atom. The molecule has 1 aliphatic carbocycles. The molecular weight excluding hydrogens is 396 g/mol. The molecule has 2 fully saturated rings. The van der Waals surface area contributed by atoms with Crippen LogP contribution < -0.4 is 15.1 Å². The lowest BCUT2D eigenvalue weighted by molar-refractivity contribution is 0.143. The molecule has 4 rings (SSSR count). The Morgan fingerprint density at radius 1 is 1.37 bits per heavy atom. The van der Waals surface area contributed by atoms with E-state index in [0.29, 0.717) is 13.1 Å². The first-order valence-corrected chi connectivity index (χ1v) is 9.97. The van der Waals surface area contributed by atoms with Crippen LogP contribution in [0.4, 0.5) is 19.3 Å². The summed E-state index contributed by atoms with van der Waals surface area (Å²) in [7, 11) is 3.94. The Kier molecular flexibility index (Phi) is 4.96. The van der Waals surface area contributed by atoms with Crippen LogP contribution in [0, 0.1) is 17.0 Å². The van der Waals surface area contributed by atoms with Crippen LogP contribution >= 0.6 is 0 Å². The van der Waals surface area contributed by atoms with Crippen molar-refractivity contribution >= 4 is 22.7 Å². The summed E-state index contributed by atoms with van der Waals surface area (Å²) in [6.07, 6.45) is 1.90. The van der Waals surface area contributed by atoms with Gasteiger partial charge in [-0.3, -0.25) is 4.79 Å². The van der Waals surface area contributed by atoms with Crippen molar-refractivity contribution in [2.75, 3.05) is 38.6 Å². The molecule has 2 heterocycles. The number of rotatable bonds is 5. The second kappa shape index (κ2) is 7.23. The largest absolute Gasteiger partial charge is 0.511 e. The number of carboxylic acid groups (broad SMARTS) is 1. The average molecular weight is 421 g/mol. The number of pyridine rings is 1. The maximum atomic E-state index is 15.7. The number of fused-ring (bicyclic) bond motifs is 1. The summed E-state index contributed by atoms with van der Waals surface area (Å²) in [5, 5.41) is 8.67. The number of hydrogen-bond donors (Lipinski definition) is 1. The summed E-state index contributed by atoms with van der Waals surface area (Å²) in [6.45, 7) is 3.90. The summed E-state index contributed by atoms with van der Waals surface area (Å²) in [4.78, 5) is 27.4. The molecule has 1 aromatic heterocycles. The quantitative estimate of drug-likeness (QED) is 0.746. The van der Waals surface area contributed by atoms with E-state index in [1.54, 1.807) is 4.90 Å². The number of nitrogens with zero attached hydrogens (tertiary/aromatic N) is 3. The molecule has 30 heavy (non-hydrogen) atoms. The molecular formula is C21H25F2N3O4. The highest BCUT2D eigenvalue weighted by molar-refractivity contribution is 5.86. The fraction of sp³-hybridized carbons (Fsp3) is 0.524. The van der Waals surface area contributed by atoms with Gasteiger partial charge in [0.15, 0.2) is 11.6 Å². The normalized spacial score (nSPS) is 21.6. The predicted molar refractivity (Wildman–Crippen MR) is 109 cm³/mol. The lowest BCUT2D eigenvalue weighted by atomic mass is 9.89. The molecule has 0 bridgehead atoms. The molecule has 162 valence electrons. The van der Waals surface area contributed by atoms with Gasteiger partial charge >= 0.3 is 6.16 Å². The van der Waals surface area contributed by atoms with Gasteiger partial charge in [-0.05, 0) is 44.8 Å². The molecule has 1 unspecified atom stereocenters. The number of hydrogen-bond acceptors (Lipinski definition) is 5. The van der Waals surface area contributed by atoms with Gasteiger partial charge in [0.1, 0.15) is 11.5 Å². The Hall–Kier alpha value is -2.68. The highest BCUT2D eigenvalue weighted by Crippen LogP contribution is 2.42. The SMILES string of the molecule is CN(C)CC1(C)CCN(c2c(F)cc3c(=O)c(OC(=O)O)cn(C4CC4)c3c2F)C1. The monoisotopic (exact) mass is 421 g/mol. The zero-order valence-electron chi connectivity index (χ0n) is 17.2. The molecule has 1 atom stereocenters. The van der Waals surface area contributed by atoms with Crippen molar-refractivity contribution in [1.29, 1.82) is 0 Å². The Morgan fingerprint density at radius 2 is 2.07 bits per heavy atom. The molecule has 1 saturated heterocycles. The molecule has 1 aromatic carbocycles. The molecule has 2 aliphatic rings. The van der Waals surface area contributed by atoms with Gasteiger partial charge in [-0.25, -0.2) is 13.6 Å². The lowest BCUT2D eigenvalue weighted by Gasteiger charge is -2.29. The van der Waals surface area contributed by atoms with Crippen LogP contribution in [-0.4, -0.2) is 54.5 Å². The number of ether oxygens (including phenoxy) is 1. The van der Waals surface area contributed by atoms with E-state index in [1.165, 1.54) is 10.8 Å². The highest BCUT2D eigenvalue weighted by atomic mass is 19.1. The topological polar surface area (TPSA) is 75.0 Å². The van der Waals surface area contributed by atoms with Gasteiger partial charge < -0.3 is 24.2 Å². The van der Waals surface area contributed by atoms with Gasteiger partial charge in [-0.2, -0.15) is 0 Å². The number of carbonyl (C=O) groups is 1. The van der Waals surface area contributed by atoms with Crippen LogP contribution in [0.3, 0.4) is 0 Å². The Balaban J connectivity index is 1.85. The van der Waals surface area contributed by atoms with E-state index in [2.05, 4.69) is 16.6 Å². The second-order valence-electron chi connectivity index (χ2n) is 8.97.